The van der Waals surface area contributed by atoms with Crippen LogP contribution in [0, 0.1) is 0 Å². The predicted octanol–water partition coefficient (Wildman–Crippen LogP) is 2.47. The number of hydrogen-bond acceptors (Lipinski definition) is 4. The van der Waals surface area contributed by atoms with E-state index < -0.39 is 5.97 Å². The molecule has 0 aliphatic carbocycles. The Morgan fingerprint density at radius 1 is 1.29 bits per heavy atom. The Morgan fingerprint density at radius 3 is 2.76 bits per heavy atom. The first-order valence-electron chi connectivity index (χ1n) is 4.97. The second-order valence-corrected chi connectivity index (χ2v) is 4.34. The van der Waals surface area contributed by atoms with Crippen molar-refractivity contribution in [1.29, 1.82) is 0 Å². The zero-order valence-electron chi connectivity index (χ0n) is 8.91. The quantitative estimate of drug-likeness (QED) is 0.839. The molecular formula is C12H10N2O2S. The van der Waals surface area contributed by atoms with Gasteiger partial charge in [0, 0.05) is 24.3 Å². The topological polar surface area (TPSA) is 63.1 Å². The summed E-state index contributed by atoms with van der Waals surface area (Å²) in [6.45, 7) is 0. The maximum Gasteiger partial charge on any atom is 0.337 e. The number of nitrogens with zero attached hydrogens (tertiary/aromatic N) is 2. The second-order valence-electron chi connectivity index (χ2n) is 3.34. The van der Waals surface area contributed by atoms with E-state index in [2.05, 4.69) is 9.97 Å². The lowest BCUT2D eigenvalue weighted by Crippen LogP contribution is -1.96. The lowest BCUT2D eigenvalue weighted by atomic mass is 10.3. The van der Waals surface area contributed by atoms with Gasteiger partial charge in [-0.15, -0.1) is 11.8 Å². The number of carboxylic acid groups (broad SMARTS) is 1. The number of carbonyl (C=O) groups is 1. The van der Waals surface area contributed by atoms with E-state index in [1.807, 2.05) is 12.1 Å². The lowest BCUT2D eigenvalue weighted by Gasteiger charge is -2.01. The lowest BCUT2D eigenvalue weighted by molar-refractivity contribution is 0.0696. The summed E-state index contributed by atoms with van der Waals surface area (Å²) >= 11 is 1.55. The summed E-state index contributed by atoms with van der Waals surface area (Å²) in [5.41, 5.74) is 1.32. The highest BCUT2D eigenvalue weighted by atomic mass is 32.2. The molecule has 2 rings (SSSR count). The molecule has 0 bridgehead atoms. The molecule has 0 aromatic carbocycles. The Morgan fingerprint density at radius 2 is 2.18 bits per heavy atom. The van der Waals surface area contributed by atoms with Crippen LogP contribution >= 0.6 is 11.8 Å². The van der Waals surface area contributed by atoms with Crippen LogP contribution in [0.5, 0.6) is 0 Å². The van der Waals surface area contributed by atoms with Crippen molar-refractivity contribution in [2.24, 2.45) is 0 Å². The molecule has 0 amide bonds. The van der Waals surface area contributed by atoms with E-state index >= 15 is 0 Å². The number of rotatable bonds is 4. The van der Waals surface area contributed by atoms with Gasteiger partial charge >= 0.3 is 5.97 Å². The molecule has 0 radical (unpaired) electrons. The number of hydrogen-bond donors (Lipinski definition) is 1. The minimum atomic E-state index is -0.957. The van der Waals surface area contributed by atoms with Gasteiger partial charge in [0.1, 0.15) is 0 Å². The fourth-order valence-corrected chi connectivity index (χ4v) is 2.01. The van der Waals surface area contributed by atoms with Crippen molar-refractivity contribution < 1.29 is 9.90 Å². The average molecular weight is 246 g/mol. The van der Waals surface area contributed by atoms with Crippen LogP contribution in [0.2, 0.25) is 0 Å². The molecule has 17 heavy (non-hydrogen) atoms. The van der Waals surface area contributed by atoms with Crippen LogP contribution in [-0.4, -0.2) is 21.0 Å². The Labute approximate surface area is 103 Å². The molecular weight excluding hydrogens is 236 g/mol. The molecule has 0 saturated carbocycles. The molecule has 4 nitrogen and oxygen atoms in total. The normalized spacial score (nSPS) is 10.1. The molecule has 1 N–H and O–H groups in total. The van der Waals surface area contributed by atoms with Crippen LogP contribution in [0.15, 0.2) is 47.9 Å². The van der Waals surface area contributed by atoms with E-state index in [-0.39, 0.29) is 5.56 Å². The maximum atomic E-state index is 10.6. The minimum Gasteiger partial charge on any atom is -0.478 e. The Balaban J connectivity index is 1.98. The SMILES string of the molecule is O=C(O)c1ccc(SCc2cccnc2)nc1. The molecule has 0 saturated heterocycles. The smallest absolute Gasteiger partial charge is 0.337 e. The number of aromatic nitrogens is 2. The molecule has 0 fully saturated rings. The Hall–Kier alpha value is -1.88. The highest BCUT2D eigenvalue weighted by molar-refractivity contribution is 7.98. The highest BCUT2D eigenvalue weighted by Crippen LogP contribution is 2.20. The Kier molecular flexibility index (Phi) is 3.72. The average Bonchev–Trinajstić information content (AvgIpc) is 2.38. The summed E-state index contributed by atoms with van der Waals surface area (Å²) in [6, 6.07) is 7.15. The molecule has 2 aromatic rings. The third kappa shape index (κ3) is 3.29. The molecule has 2 aromatic heterocycles. The van der Waals surface area contributed by atoms with Crippen molar-refractivity contribution in [1.82, 2.24) is 9.97 Å². The number of pyridine rings is 2. The maximum absolute atomic E-state index is 10.6. The first kappa shape index (κ1) is 11.6. The zero-order chi connectivity index (χ0) is 12.1. The van der Waals surface area contributed by atoms with Gasteiger partial charge in [-0.3, -0.25) is 4.98 Å². The molecule has 0 spiro atoms. The fourth-order valence-electron chi connectivity index (χ4n) is 1.23. The molecule has 0 aliphatic heterocycles. The van der Waals surface area contributed by atoms with E-state index in [0.29, 0.717) is 0 Å². The van der Waals surface area contributed by atoms with E-state index in [1.165, 1.54) is 6.20 Å². The highest BCUT2D eigenvalue weighted by Gasteiger charge is 2.03. The molecule has 0 aliphatic rings. The van der Waals surface area contributed by atoms with Gasteiger partial charge < -0.3 is 5.11 Å². The molecule has 2 heterocycles. The first-order valence-corrected chi connectivity index (χ1v) is 5.95. The van der Waals surface area contributed by atoms with Crippen molar-refractivity contribution in [3.63, 3.8) is 0 Å². The van der Waals surface area contributed by atoms with Gasteiger partial charge in [-0.1, -0.05) is 6.07 Å². The van der Waals surface area contributed by atoms with Crippen molar-refractivity contribution >= 4 is 17.7 Å². The largest absolute Gasteiger partial charge is 0.478 e. The number of thioether (sulfide) groups is 1. The van der Waals surface area contributed by atoms with Crippen LogP contribution in [-0.2, 0) is 5.75 Å². The summed E-state index contributed by atoms with van der Waals surface area (Å²) in [5.74, 6) is -0.186. The van der Waals surface area contributed by atoms with E-state index in [4.69, 9.17) is 5.11 Å². The van der Waals surface area contributed by atoms with Crippen molar-refractivity contribution in [2.45, 2.75) is 10.8 Å². The van der Waals surface area contributed by atoms with Crippen molar-refractivity contribution in [3.05, 3.63) is 54.0 Å². The molecule has 0 atom stereocenters. The van der Waals surface area contributed by atoms with Crippen molar-refractivity contribution in [3.8, 4) is 0 Å². The van der Waals surface area contributed by atoms with Gasteiger partial charge in [0.15, 0.2) is 0 Å². The summed E-state index contributed by atoms with van der Waals surface area (Å²) in [5, 5.41) is 9.53. The van der Waals surface area contributed by atoms with Crippen LogP contribution in [0.1, 0.15) is 15.9 Å². The van der Waals surface area contributed by atoms with Gasteiger partial charge in [-0.05, 0) is 23.8 Å². The summed E-state index contributed by atoms with van der Waals surface area (Å²) in [4.78, 5) is 18.7. The minimum absolute atomic E-state index is 0.204. The first-order chi connectivity index (χ1) is 8.25. The monoisotopic (exact) mass is 246 g/mol. The van der Waals surface area contributed by atoms with Crippen molar-refractivity contribution in [2.75, 3.05) is 0 Å². The van der Waals surface area contributed by atoms with Gasteiger partial charge in [0.25, 0.3) is 0 Å². The number of aromatic carboxylic acids is 1. The predicted molar refractivity (Wildman–Crippen MR) is 65.0 cm³/mol. The molecule has 5 heteroatoms. The summed E-state index contributed by atoms with van der Waals surface area (Å²) < 4.78 is 0. The number of carboxylic acids is 1. The van der Waals surface area contributed by atoms with Gasteiger partial charge in [-0.2, -0.15) is 0 Å². The van der Waals surface area contributed by atoms with Gasteiger partial charge in [-0.25, -0.2) is 9.78 Å². The zero-order valence-corrected chi connectivity index (χ0v) is 9.72. The van der Waals surface area contributed by atoms with Crippen LogP contribution in [0.25, 0.3) is 0 Å². The van der Waals surface area contributed by atoms with Crippen LogP contribution in [0.3, 0.4) is 0 Å². The third-order valence-corrected chi connectivity index (χ3v) is 3.11. The van der Waals surface area contributed by atoms with Crippen LogP contribution < -0.4 is 0 Å². The fraction of sp³-hybridized carbons (Fsp3) is 0.0833. The standard InChI is InChI=1S/C12H10N2O2S/c15-12(16)10-3-4-11(14-7-10)17-8-9-2-1-5-13-6-9/h1-7H,8H2,(H,15,16). The molecule has 86 valence electrons. The van der Waals surface area contributed by atoms with Crippen LogP contribution in [0.4, 0.5) is 0 Å². The third-order valence-electron chi connectivity index (χ3n) is 2.09. The summed E-state index contributed by atoms with van der Waals surface area (Å²) in [7, 11) is 0. The van der Waals surface area contributed by atoms with E-state index in [0.717, 1.165) is 16.3 Å². The van der Waals surface area contributed by atoms with E-state index in [1.54, 1.807) is 36.3 Å². The van der Waals surface area contributed by atoms with Gasteiger partial charge in [0.2, 0.25) is 0 Å². The Bertz CT molecular complexity index is 500. The van der Waals surface area contributed by atoms with Gasteiger partial charge in [0.05, 0.1) is 10.6 Å². The summed E-state index contributed by atoms with van der Waals surface area (Å²) in [6.07, 6.45) is 4.90. The molecule has 0 unspecified atom stereocenters. The van der Waals surface area contributed by atoms with E-state index in [9.17, 15) is 4.79 Å². The second kappa shape index (κ2) is 5.45.